The first-order valence-electron chi connectivity index (χ1n) is 13.4. The summed E-state index contributed by atoms with van der Waals surface area (Å²) in [6, 6.07) is 0.457. The minimum Gasteiger partial charge on any atom is -0.475 e. The molecule has 2 unspecified atom stereocenters. The summed E-state index contributed by atoms with van der Waals surface area (Å²) < 4.78 is 2.37. The van der Waals surface area contributed by atoms with Gasteiger partial charge in [-0.25, -0.2) is 19.7 Å². The molecule has 3 atom stereocenters. The Morgan fingerprint density at radius 3 is 2.53 bits per heavy atom. The molecule has 0 bridgehead atoms. The van der Waals surface area contributed by atoms with Crippen molar-refractivity contribution in [3.63, 3.8) is 0 Å². The number of carboxylic acid groups (broad SMARTS) is 1. The van der Waals surface area contributed by atoms with Crippen molar-refractivity contribution in [1.29, 1.82) is 0 Å². The molecule has 1 saturated heterocycles. The van der Waals surface area contributed by atoms with Crippen LogP contribution in [-0.2, 0) is 6.54 Å². The summed E-state index contributed by atoms with van der Waals surface area (Å²) in [6.45, 7) is 6.47. The smallest absolute Gasteiger partial charge is 0.374 e. The number of aromatic nitrogens is 4. The normalized spacial score (nSPS) is 25.9. The first-order valence-corrected chi connectivity index (χ1v) is 13.4. The Labute approximate surface area is 202 Å². The van der Waals surface area contributed by atoms with Gasteiger partial charge in [0.05, 0.1) is 6.04 Å². The maximum Gasteiger partial charge on any atom is 0.374 e. The maximum atomic E-state index is 11.9. The second-order valence-corrected chi connectivity index (χ2v) is 11.2. The van der Waals surface area contributed by atoms with Gasteiger partial charge in [0.2, 0.25) is 5.82 Å². The Balaban J connectivity index is 1.62. The highest BCUT2D eigenvalue weighted by atomic mass is 16.4. The average Bonchev–Trinajstić information content (AvgIpc) is 3.13. The largest absolute Gasteiger partial charge is 0.475 e. The number of carbonyl (C=O) groups is 1. The number of likely N-dealkylation sites (tertiary alicyclic amines) is 1. The van der Waals surface area contributed by atoms with Crippen molar-refractivity contribution in [2.24, 2.45) is 17.8 Å². The van der Waals surface area contributed by atoms with Gasteiger partial charge in [-0.05, 0) is 76.8 Å². The molecule has 0 spiro atoms. The van der Waals surface area contributed by atoms with Gasteiger partial charge in [-0.3, -0.25) is 4.90 Å². The SMILES string of the molecule is CC1CCN(C)C(c2nc3nc(C(=O)O)nc(N[C@H](C)C4CCC4)c3n2CC2CCCCC2)C1. The van der Waals surface area contributed by atoms with Crippen LogP contribution >= 0.6 is 0 Å². The zero-order valence-corrected chi connectivity index (χ0v) is 21.0. The number of hydrogen-bond acceptors (Lipinski definition) is 6. The third-order valence-corrected chi connectivity index (χ3v) is 8.64. The Hall–Kier alpha value is -2.22. The molecule has 2 aliphatic carbocycles. The molecule has 0 radical (unpaired) electrons. The van der Waals surface area contributed by atoms with Gasteiger partial charge in [0.25, 0.3) is 0 Å². The van der Waals surface area contributed by atoms with Crippen LogP contribution in [0.4, 0.5) is 5.82 Å². The second kappa shape index (κ2) is 9.80. The van der Waals surface area contributed by atoms with Crippen LogP contribution in [0, 0.1) is 17.8 Å². The summed E-state index contributed by atoms with van der Waals surface area (Å²) in [5.41, 5.74) is 1.41. The number of imidazole rings is 1. The summed E-state index contributed by atoms with van der Waals surface area (Å²) >= 11 is 0. The van der Waals surface area contributed by atoms with Gasteiger partial charge in [-0.1, -0.05) is 32.6 Å². The zero-order valence-electron chi connectivity index (χ0n) is 21.0. The van der Waals surface area contributed by atoms with Crippen molar-refractivity contribution in [1.82, 2.24) is 24.4 Å². The van der Waals surface area contributed by atoms with E-state index < -0.39 is 5.97 Å². The molecule has 2 aromatic rings. The molecule has 34 heavy (non-hydrogen) atoms. The minimum absolute atomic E-state index is 0.171. The van der Waals surface area contributed by atoms with Crippen molar-refractivity contribution in [3.05, 3.63) is 11.6 Å². The maximum absolute atomic E-state index is 11.9. The number of nitrogens with zero attached hydrogens (tertiary/aromatic N) is 5. The lowest BCUT2D eigenvalue weighted by atomic mass is 9.80. The van der Waals surface area contributed by atoms with Gasteiger partial charge in [0.1, 0.15) is 11.3 Å². The van der Waals surface area contributed by atoms with Crippen molar-refractivity contribution >= 4 is 23.0 Å². The first kappa shape index (κ1) is 23.5. The highest BCUT2D eigenvalue weighted by Gasteiger charge is 2.33. The van der Waals surface area contributed by atoms with E-state index in [1.807, 2.05) is 0 Å². The third-order valence-electron chi connectivity index (χ3n) is 8.64. The van der Waals surface area contributed by atoms with Crippen molar-refractivity contribution in [2.75, 3.05) is 18.9 Å². The van der Waals surface area contributed by atoms with E-state index in [1.165, 1.54) is 57.8 Å². The van der Waals surface area contributed by atoms with Crippen molar-refractivity contribution in [2.45, 2.75) is 96.7 Å². The molecule has 1 aliphatic heterocycles. The Morgan fingerprint density at radius 2 is 1.85 bits per heavy atom. The number of hydrogen-bond donors (Lipinski definition) is 2. The van der Waals surface area contributed by atoms with E-state index >= 15 is 0 Å². The van der Waals surface area contributed by atoms with Crippen molar-refractivity contribution in [3.8, 4) is 0 Å². The lowest BCUT2D eigenvalue weighted by Gasteiger charge is -2.36. The number of fused-ring (bicyclic) bond motifs is 1. The number of anilines is 1. The number of piperidine rings is 1. The molecule has 0 amide bonds. The predicted molar refractivity (Wildman–Crippen MR) is 133 cm³/mol. The van der Waals surface area contributed by atoms with E-state index in [2.05, 4.69) is 45.6 Å². The molecule has 5 rings (SSSR count). The van der Waals surface area contributed by atoms with Gasteiger partial charge in [0, 0.05) is 12.6 Å². The molecule has 2 aromatic heterocycles. The standard InChI is InChI=1S/C26H40N6O2/c1-16-12-13-31(3)20(14-16)25-30-23-21(32(25)15-18-8-5-4-6-9-18)22(28-24(29-23)26(33)34)27-17(2)19-10-7-11-19/h16-20H,4-15H2,1-3H3,(H,33,34)(H,27,28,29)/t16?,17-,20?/m1/s1. The summed E-state index contributed by atoms with van der Waals surface area (Å²) in [4.78, 5) is 28.3. The van der Waals surface area contributed by atoms with E-state index in [-0.39, 0.29) is 17.9 Å². The highest BCUT2D eigenvalue weighted by molar-refractivity contribution is 5.90. The third kappa shape index (κ3) is 4.66. The summed E-state index contributed by atoms with van der Waals surface area (Å²) in [5.74, 6) is 2.27. The zero-order chi connectivity index (χ0) is 23.8. The fraction of sp³-hybridized carbons (Fsp3) is 0.769. The second-order valence-electron chi connectivity index (χ2n) is 11.2. The Morgan fingerprint density at radius 1 is 1.09 bits per heavy atom. The lowest BCUT2D eigenvalue weighted by Crippen LogP contribution is -2.35. The van der Waals surface area contributed by atoms with Crippen LogP contribution in [0.3, 0.4) is 0 Å². The molecular formula is C26H40N6O2. The van der Waals surface area contributed by atoms with Gasteiger partial charge in [-0.15, -0.1) is 0 Å². The van der Waals surface area contributed by atoms with Crippen LogP contribution in [0.25, 0.3) is 11.2 Å². The molecule has 3 heterocycles. The van der Waals surface area contributed by atoms with Crippen LogP contribution in [0.2, 0.25) is 0 Å². The van der Waals surface area contributed by atoms with Gasteiger partial charge >= 0.3 is 5.97 Å². The molecule has 8 nitrogen and oxygen atoms in total. The van der Waals surface area contributed by atoms with Crippen molar-refractivity contribution < 1.29 is 9.90 Å². The first-order chi connectivity index (χ1) is 16.4. The summed E-state index contributed by atoms with van der Waals surface area (Å²) in [5, 5.41) is 13.3. The van der Waals surface area contributed by atoms with Crippen LogP contribution < -0.4 is 5.32 Å². The van der Waals surface area contributed by atoms with Gasteiger partial charge in [-0.2, -0.15) is 0 Å². The van der Waals surface area contributed by atoms with Crippen LogP contribution in [0.5, 0.6) is 0 Å². The molecule has 2 saturated carbocycles. The molecule has 3 fully saturated rings. The lowest BCUT2D eigenvalue weighted by molar-refractivity contribution is 0.0684. The number of carboxylic acids is 1. The van der Waals surface area contributed by atoms with E-state index in [0.717, 1.165) is 30.9 Å². The van der Waals surface area contributed by atoms with E-state index in [0.29, 0.717) is 29.2 Å². The molecular weight excluding hydrogens is 428 g/mol. The summed E-state index contributed by atoms with van der Waals surface area (Å²) in [6.07, 6.45) is 12.3. The van der Waals surface area contributed by atoms with Gasteiger partial charge < -0.3 is 15.0 Å². The fourth-order valence-corrected chi connectivity index (χ4v) is 6.15. The van der Waals surface area contributed by atoms with Crippen LogP contribution in [0.1, 0.15) is 101 Å². The fourth-order valence-electron chi connectivity index (χ4n) is 6.15. The highest BCUT2D eigenvalue weighted by Crippen LogP contribution is 2.38. The number of rotatable bonds is 7. The molecule has 3 aliphatic rings. The summed E-state index contributed by atoms with van der Waals surface area (Å²) in [7, 11) is 2.19. The predicted octanol–water partition coefficient (Wildman–Crippen LogP) is 5.11. The topological polar surface area (TPSA) is 96.2 Å². The Bertz CT molecular complexity index is 1030. The Kier molecular flexibility index (Phi) is 6.78. The van der Waals surface area contributed by atoms with Crippen LogP contribution in [-0.4, -0.2) is 55.1 Å². The van der Waals surface area contributed by atoms with Crippen LogP contribution in [0.15, 0.2) is 0 Å². The van der Waals surface area contributed by atoms with E-state index in [9.17, 15) is 9.90 Å². The quantitative estimate of drug-likeness (QED) is 0.583. The molecule has 8 heteroatoms. The monoisotopic (exact) mass is 468 g/mol. The van der Waals surface area contributed by atoms with E-state index in [4.69, 9.17) is 4.98 Å². The van der Waals surface area contributed by atoms with E-state index in [1.54, 1.807) is 0 Å². The molecule has 2 N–H and O–H groups in total. The molecule has 186 valence electrons. The number of nitrogens with one attached hydrogen (secondary N) is 1. The minimum atomic E-state index is -1.10. The number of aromatic carboxylic acids is 1. The van der Waals surface area contributed by atoms with Gasteiger partial charge in [0.15, 0.2) is 11.5 Å². The average molecular weight is 469 g/mol. The molecule has 0 aromatic carbocycles.